The first-order chi connectivity index (χ1) is 8.56. The smallest absolute Gasteiger partial charge is 0.0671 e. The van der Waals surface area contributed by atoms with Gasteiger partial charge in [-0.05, 0) is 24.3 Å². The van der Waals surface area contributed by atoms with Crippen molar-refractivity contribution in [1.29, 1.82) is 0 Å². The van der Waals surface area contributed by atoms with Crippen LogP contribution in [0.4, 0.5) is 11.4 Å². The first kappa shape index (κ1) is 12.9. The summed E-state index contributed by atoms with van der Waals surface area (Å²) in [4.78, 5) is 2.44. The number of rotatable bonds is 4. The van der Waals surface area contributed by atoms with Crippen LogP contribution in [0.15, 0.2) is 60.7 Å². The van der Waals surface area contributed by atoms with Gasteiger partial charge in [-0.2, -0.15) is 0 Å². The van der Waals surface area contributed by atoms with Crippen LogP contribution in [-0.4, -0.2) is 14.2 Å². The molecule has 0 aliphatic heterocycles. The minimum atomic E-state index is -1.16. The van der Waals surface area contributed by atoms with E-state index < -0.39 is 8.07 Å². The molecule has 0 aromatic heterocycles. The Morgan fingerprint density at radius 1 is 0.722 bits per heavy atom. The lowest BCUT2D eigenvalue weighted by molar-refractivity contribution is 1.12. The van der Waals surface area contributed by atoms with Crippen molar-refractivity contribution in [3.05, 3.63) is 60.7 Å². The Bertz CT molecular complexity index is 434. The zero-order chi connectivity index (χ0) is 13.0. The van der Waals surface area contributed by atoms with Crippen LogP contribution < -0.4 is 4.90 Å². The van der Waals surface area contributed by atoms with Gasteiger partial charge in [0.1, 0.15) is 0 Å². The molecule has 0 fully saturated rings. The zero-order valence-electron chi connectivity index (χ0n) is 11.4. The summed E-state index contributed by atoms with van der Waals surface area (Å²) >= 11 is 0. The summed E-state index contributed by atoms with van der Waals surface area (Å²) in [5, 5.41) is 0. The molecule has 2 heteroatoms. The zero-order valence-corrected chi connectivity index (χ0v) is 12.4. The van der Waals surface area contributed by atoms with Gasteiger partial charge < -0.3 is 4.90 Å². The molecule has 2 rings (SSSR count). The lowest BCUT2D eigenvalue weighted by Crippen LogP contribution is -2.37. The summed E-state index contributed by atoms with van der Waals surface area (Å²) in [5.41, 5.74) is 2.57. The Labute approximate surface area is 111 Å². The maximum atomic E-state index is 2.44. The van der Waals surface area contributed by atoms with Gasteiger partial charge in [-0.25, -0.2) is 0 Å². The van der Waals surface area contributed by atoms with Gasteiger partial charge >= 0.3 is 0 Å². The van der Waals surface area contributed by atoms with Crippen LogP contribution in [0.5, 0.6) is 0 Å². The molecule has 1 nitrogen and oxygen atoms in total. The van der Waals surface area contributed by atoms with E-state index in [0.717, 1.165) is 6.17 Å². The second-order valence-corrected chi connectivity index (χ2v) is 11.3. The predicted octanol–water partition coefficient (Wildman–Crippen LogP) is 4.70. The van der Waals surface area contributed by atoms with Gasteiger partial charge in [0.05, 0.1) is 8.07 Å². The molecule has 0 amide bonds. The van der Waals surface area contributed by atoms with E-state index in [1.165, 1.54) is 11.4 Å². The summed E-state index contributed by atoms with van der Waals surface area (Å²) in [7, 11) is -1.16. The SMILES string of the molecule is C[Si](C)(C)CN(c1ccccc1)c1ccccc1. The van der Waals surface area contributed by atoms with Crippen LogP contribution in [0.2, 0.25) is 19.6 Å². The van der Waals surface area contributed by atoms with E-state index in [9.17, 15) is 0 Å². The highest BCUT2D eigenvalue weighted by molar-refractivity contribution is 6.76. The lowest BCUT2D eigenvalue weighted by Gasteiger charge is -2.31. The Morgan fingerprint density at radius 3 is 1.44 bits per heavy atom. The average Bonchev–Trinajstić information content (AvgIpc) is 2.37. The van der Waals surface area contributed by atoms with Gasteiger partial charge in [0, 0.05) is 17.5 Å². The molecule has 0 N–H and O–H groups in total. The molecule has 0 saturated heterocycles. The van der Waals surface area contributed by atoms with Crippen molar-refractivity contribution in [2.75, 3.05) is 11.1 Å². The van der Waals surface area contributed by atoms with Gasteiger partial charge in [0.25, 0.3) is 0 Å². The summed E-state index contributed by atoms with van der Waals surface area (Å²) in [5.74, 6) is 0. The number of para-hydroxylation sites is 2. The highest BCUT2D eigenvalue weighted by Crippen LogP contribution is 2.26. The van der Waals surface area contributed by atoms with Crippen LogP contribution in [0.3, 0.4) is 0 Å². The Hall–Kier alpha value is -1.54. The van der Waals surface area contributed by atoms with Crippen molar-refractivity contribution in [3.63, 3.8) is 0 Å². The molecule has 0 aliphatic carbocycles. The molecule has 2 aromatic rings. The largest absolute Gasteiger partial charge is 0.345 e. The first-order valence-electron chi connectivity index (χ1n) is 6.44. The van der Waals surface area contributed by atoms with Crippen LogP contribution in [0, 0.1) is 0 Å². The molecule has 0 atom stereocenters. The van der Waals surface area contributed by atoms with Crippen molar-refractivity contribution >= 4 is 19.4 Å². The Balaban J connectivity index is 2.36. The predicted molar refractivity (Wildman–Crippen MR) is 83.2 cm³/mol. The van der Waals surface area contributed by atoms with E-state index >= 15 is 0 Å². The van der Waals surface area contributed by atoms with E-state index in [2.05, 4.69) is 85.2 Å². The van der Waals surface area contributed by atoms with Crippen LogP contribution in [0.1, 0.15) is 0 Å². The molecule has 18 heavy (non-hydrogen) atoms. The molecule has 0 unspecified atom stereocenters. The number of anilines is 2. The van der Waals surface area contributed by atoms with Gasteiger partial charge in [0.2, 0.25) is 0 Å². The second kappa shape index (κ2) is 5.40. The lowest BCUT2D eigenvalue weighted by atomic mass is 10.2. The molecule has 0 spiro atoms. The highest BCUT2D eigenvalue weighted by atomic mass is 28.3. The summed E-state index contributed by atoms with van der Waals surface area (Å²) in [6, 6.07) is 21.3. The monoisotopic (exact) mass is 255 g/mol. The first-order valence-corrected chi connectivity index (χ1v) is 10.1. The van der Waals surface area contributed by atoms with Crippen molar-refractivity contribution in [1.82, 2.24) is 0 Å². The highest BCUT2D eigenvalue weighted by Gasteiger charge is 2.19. The Kier molecular flexibility index (Phi) is 3.87. The van der Waals surface area contributed by atoms with Gasteiger partial charge in [0.15, 0.2) is 0 Å². The molecule has 0 aliphatic rings. The standard InChI is InChI=1S/C16H21NSi/c1-18(2,3)14-17(15-10-6-4-7-11-15)16-12-8-5-9-13-16/h4-13H,14H2,1-3H3. The number of benzene rings is 2. The molecule has 0 radical (unpaired) electrons. The minimum absolute atomic E-state index is 1.14. The topological polar surface area (TPSA) is 3.24 Å². The molecule has 0 saturated carbocycles. The van der Waals surface area contributed by atoms with E-state index in [4.69, 9.17) is 0 Å². The third-order valence-electron chi connectivity index (χ3n) is 2.77. The molecular formula is C16H21NSi. The van der Waals surface area contributed by atoms with E-state index in [1.807, 2.05) is 0 Å². The molecule has 2 aromatic carbocycles. The summed E-state index contributed by atoms with van der Waals surface area (Å²) in [6.45, 7) is 7.23. The maximum Gasteiger partial charge on any atom is 0.0671 e. The average molecular weight is 255 g/mol. The second-order valence-electron chi connectivity index (χ2n) is 5.82. The summed E-state index contributed by atoms with van der Waals surface area (Å²) in [6.07, 6.45) is 1.14. The van der Waals surface area contributed by atoms with E-state index in [1.54, 1.807) is 0 Å². The maximum absolute atomic E-state index is 2.44. The normalized spacial score (nSPS) is 11.3. The minimum Gasteiger partial charge on any atom is -0.345 e. The quantitative estimate of drug-likeness (QED) is 0.716. The van der Waals surface area contributed by atoms with Crippen LogP contribution in [0.25, 0.3) is 0 Å². The molecule has 0 heterocycles. The Morgan fingerprint density at radius 2 is 1.11 bits per heavy atom. The fourth-order valence-electron chi connectivity index (χ4n) is 2.02. The third kappa shape index (κ3) is 3.47. The van der Waals surface area contributed by atoms with Crippen molar-refractivity contribution in [2.45, 2.75) is 19.6 Å². The van der Waals surface area contributed by atoms with Gasteiger partial charge in [-0.3, -0.25) is 0 Å². The van der Waals surface area contributed by atoms with Gasteiger partial charge in [-0.15, -0.1) is 0 Å². The van der Waals surface area contributed by atoms with Crippen molar-refractivity contribution < 1.29 is 0 Å². The third-order valence-corrected chi connectivity index (χ3v) is 4.03. The molecule has 0 bridgehead atoms. The van der Waals surface area contributed by atoms with Crippen LogP contribution >= 0.6 is 0 Å². The number of hydrogen-bond acceptors (Lipinski definition) is 1. The fraction of sp³-hybridized carbons (Fsp3) is 0.250. The van der Waals surface area contributed by atoms with Gasteiger partial charge in [-0.1, -0.05) is 56.0 Å². The van der Waals surface area contributed by atoms with E-state index in [-0.39, 0.29) is 0 Å². The van der Waals surface area contributed by atoms with Crippen LogP contribution in [-0.2, 0) is 0 Å². The van der Waals surface area contributed by atoms with Crippen molar-refractivity contribution in [3.8, 4) is 0 Å². The number of nitrogens with zero attached hydrogens (tertiary/aromatic N) is 1. The molecule has 94 valence electrons. The molecular weight excluding hydrogens is 234 g/mol. The van der Waals surface area contributed by atoms with Crippen molar-refractivity contribution in [2.24, 2.45) is 0 Å². The summed E-state index contributed by atoms with van der Waals surface area (Å²) < 4.78 is 0. The fourth-order valence-corrected chi connectivity index (χ4v) is 3.34. The number of hydrogen-bond donors (Lipinski definition) is 0. The van der Waals surface area contributed by atoms with E-state index in [0.29, 0.717) is 0 Å².